The number of carbonyl (C=O) groups excluding carboxylic acids is 2. The Morgan fingerprint density at radius 1 is 1.09 bits per heavy atom. The zero-order valence-electron chi connectivity index (χ0n) is 18.6. The SMILES string of the molecule is CCOC(=O)c1cn(C2CC2)c2c(F)c(F)c3c(O)c(C(=O)OCc4ccccc4)[nH]c3c2c1=O. The van der Waals surface area contributed by atoms with Gasteiger partial charge >= 0.3 is 11.9 Å². The van der Waals surface area contributed by atoms with Crippen LogP contribution in [-0.2, 0) is 16.1 Å². The second-order valence-electron chi connectivity index (χ2n) is 8.24. The molecule has 2 aromatic carbocycles. The van der Waals surface area contributed by atoms with Crippen molar-refractivity contribution >= 4 is 33.7 Å². The van der Waals surface area contributed by atoms with Crippen LogP contribution < -0.4 is 5.43 Å². The Morgan fingerprint density at radius 3 is 2.46 bits per heavy atom. The van der Waals surface area contributed by atoms with Crippen molar-refractivity contribution in [2.24, 2.45) is 0 Å². The summed E-state index contributed by atoms with van der Waals surface area (Å²) in [7, 11) is 0. The number of pyridine rings is 1. The van der Waals surface area contributed by atoms with E-state index >= 15 is 8.78 Å². The van der Waals surface area contributed by atoms with E-state index in [4.69, 9.17) is 9.47 Å². The van der Waals surface area contributed by atoms with Crippen molar-refractivity contribution in [2.45, 2.75) is 32.4 Å². The second kappa shape index (κ2) is 8.53. The lowest BCUT2D eigenvalue weighted by atomic mass is 10.1. The second-order valence-corrected chi connectivity index (χ2v) is 8.24. The van der Waals surface area contributed by atoms with Gasteiger partial charge in [-0.2, -0.15) is 0 Å². The van der Waals surface area contributed by atoms with E-state index in [1.54, 1.807) is 37.3 Å². The Bertz CT molecular complexity index is 1550. The highest BCUT2D eigenvalue weighted by atomic mass is 19.2. The van der Waals surface area contributed by atoms with Crippen LogP contribution in [0.5, 0.6) is 5.75 Å². The van der Waals surface area contributed by atoms with E-state index in [9.17, 15) is 19.5 Å². The molecule has 1 saturated carbocycles. The van der Waals surface area contributed by atoms with Crippen molar-refractivity contribution in [3.05, 3.63) is 75.2 Å². The molecule has 0 bridgehead atoms. The van der Waals surface area contributed by atoms with Gasteiger partial charge in [-0.25, -0.2) is 18.4 Å². The molecule has 1 fully saturated rings. The average molecular weight is 482 g/mol. The normalized spacial score (nSPS) is 13.3. The van der Waals surface area contributed by atoms with E-state index in [2.05, 4.69) is 4.98 Å². The third-order valence-corrected chi connectivity index (χ3v) is 5.93. The third kappa shape index (κ3) is 3.71. The monoisotopic (exact) mass is 482 g/mol. The molecule has 35 heavy (non-hydrogen) atoms. The molecular formula is C25H20F2N2O6. The van der Waals surface area contributed by atoms with Gasteiger partial charge in [0.1, 0.15) is 12.2 Å². The lowest BCUT2D eigenvalue weighted by Gasteiger charge is -2.14. The molecule has 0 amide bonds. The van der Waals surface area contributed by atoms with Crippen LogP contribution in [0.3, 0.4) is 0 Å². The number of halogens is 2. The van der Waals surface area contributed by atoms with Crippen molar-refractivity contribution in [1.82, 2.24) is 9.55 Å². The highest BCUT2D eigenvalue weighted by Gasteiger charge is 2.33. The minimum atomic E-state index is -1.43. The van der Waals surface area contributed by atoms with Crippen molar-refractivity contribution in [3.8, 4) is 5.75 Å². The fraction of sp³-hybridized carbons (Fsp3) is 0.240. The summed E-state index contributed by atoms with van der Waals surface area (Å²) in [6.07, 6.45) is 2.46. The molecule has 8 nitrogen and oxygen atoms in total. The van der Waals surface area contributed by atoms with Gasteiger partial charge in [0.15, 0.2) is 23.1 Å². The van der Waals surface area contributed by atoms with Crippen LogP contribution in [-0.4, -0.2) is 33.2 Å². The Kier molecular flexibility index (Phi) is 5.50. The molecule has 0 aliphatic heterocycles. The molecule has 2 aromatic heterocycles. The predicted molar refractivity (Wildman–Crippen MR) is 121 cm³/mol. The Hall–Kier alpha value is -4.21. The average Bonchev–Trinajstić information content (AvgIpc) is 3.64. The number of fused-ring (bicyclic) bond motifs is 3. The number of nitrogens with zero attached hydrogens (tertiary/aromatic N) is 1. The summed E-state index contributed by atoms with van der Waals surface area (Å²) in [6.45, 7) is 1.45. The van der Waals surface area contributed by atoms with Gasteiger partial charge in [0.05, 0.1) is 28.4 Å². The molecule has 1 aliphatic carbocycles. The molecular weight excluding hydrogens is 462 g/mol. The summed E-state index contributed by atoms with van der Waals surface area (Å²) >= 11 is 0. The number of esters is 2. The first kappa shape index (κ1) is 22.6. The topological polar surface area (TPSA) is 111 Å². The molecule has 0 saturated heterocycles. The number of H-pyrrole nitrogens is 1. The standard InChI is InChI=1S/C25H20F2N2O6/c1-2-34-24(32)14-10-29(13-8-9-13)21-16(22(14)30)19-15(17(26)18(21)27)23(31)20(28-19)25(33)35-11-12-6-4-3-5-7-12/h3-7,10,13,28,31H,2,8-9,11H2,1H3. The summed E-state index contributed by atoms with van der Waals surface area (Å²) in [6, 6.07) is 8.49. The lowest BCUT2D eigenvalue weighted by molar-refractivity contribution is 0.0462. The van der Waals surface area contributed by atoms with Crippen LogP contribution in [0.4, 0.5) is 8.78 Å². The summed E-state index contributed by atoms with van der Waals surface area (Å²) in [5.41, 5.74) is -1.81. The maximum Gasteiger partial charge on any atom is 0.359 e. The van der Waals surface area contributed by atoms with Crippen LogP contribution in [0, 0.1) is 11.6 Å². The number of nitrogens with one attached hydrogen (secondary N) is 1. The summed E-state index contributed by atoms with van der Waals surface area (Å²) in [5.74, 6) is -5.63. The highest BCUT2D eigenvalue weighted by molar-refractivity contribution is 6.12. The minimum absolute atomic E-state index is 0.00756. The number of aromatic nitrogens is 2. The first-order valence-corrected chi connectivity index (χ1v) is 11.0. The zero-order valence-corrected chi connectivity index (χ0v) is 18.6. The number of ether oxygens (including phenoxy) is 2. The van der Waals surface area contributed by atoms with Crippen LogP contribution in [0.2, 0.25) is 0 Å². The van der Waals surface area contributed by atoms with Gasteiger partial charge in [0.2, 0.25) is 5.43 Å². The number of hydrogen-bond acceptors (Lipinski definition) is 6. The summed E-state index contributed by atoms with van der Waals surface area (Å²) in [5, 5.41) is 9.58. The molecule has 5 rings (SSSR count). The zero-order chi connectivity index (χ0) is 24.9. The Morgan fingerprint density at radius 2 is 1.80 bits per heavy atom. The van der Waals surface area contributed by atoms with Gasteiger partial charge in [0, 0.05) is 12.2 Å². The molecule has 2 N–H and O–H groups in total. The number of aromatic hydroxyl groups is 1. The Balaban J connectivity index is 1.72. The smallest absolute Gasteiger partial charge is 0.359 e. The van der Waals surface area contributed by atoms with Gasteiger partial charge in [-0.05, 0) is 25.3 Å². The quantitative estimate of drug-likeness (QED) is 0.396. The number of benzene rings is 2. The first-order valence-electron chi connectivity index (χ1n) is 11.0. The van der Waals surface area contributed by atoms with Crippen LogP contribution in [0.1, 0.15) is 52.2 Å². The third-order valence-electron chi connectivity index (χ3n) is 5.93. The van der Waals surface area contributed by atoms with Gasteiger partial charge in [0.25, 0.3) is 0 Å². The molecule has 1 aliphatic rings. The van der Waals surface area contributed by atoms with Crippen molar-refractivity contribution < 1.29 is 33.0 Å². The van der Waals surface area contributed by atoms with E-state index in [-0.39, 0.29) is 41.2 Å². The van der Waals surface area contributed by atoms with Gasteiger partial charge in [-0.1, -0.05) is 30.3 Å². The highest BCUT2D eigenvalue weighted by Crippen LogP contribution is 2.42. The van der Waals surface area contributed by atoms with E-state index in [0.717, 1.165) is 0 Å². The molecule has 4 aromatic rings. The van der Waals surface area contributed by atoms with E-state index in [1.165, 1.54) is 10.8 Å². The van der Waals surface area contributed by atoms with E-state index < -0.39 is 45.8 Å². The van der Waals surface area contributed by atoms with Crippen LogP contribution in [0.15, 0.2) is 41.3 Å². The molecule has 2 heterocycles. The van der Waals surface area contributed by atoms with E-state index in [1.807, 2.05) is 0 Å². The van der Waals surface area contributed by atoms with Crippen LogP contribution in [0.25, 0.3) is 21.8 Å². The Labute approximate surface area is 196 Å². The molecule has 0 spiro atoms. The molecule has 0 radical (unpaired) electrons. The molecule has 0 atom stereocenters. The fourth-order valence-corrected chi connectivity index (χ4v) is 4.13. The minimum Gasteiger partial charge on any atom is -0.505 e. The number of hydrogen-bond donors (Lipinski definition) is 2. The number of carbonyl (C=O) groups is 2. The van der Waals surface area contributed by atoms with E-state index in [0.29, 0.717) is 18.4 Å². The maximum absolute atomic E-state index is 15.3. The predicted octanol–water partition coefficient (Wildman–Crippen LogP) is 4.34. The molecule has 10 heteroatoms. The maximum atomic E-state index is 15.3. The van der Waals surface area contributed by atoms with Gasteiger partial charge in [-0.3, -0.25) is 4.79 Å². The number of aromatic amines is 1. The van der Waals surface area contributed by atoms with Crippen molar-refractivity contribution in [2.75, 3.05) is 6.61 Å². The lowest BCUT2D eigenvalue weighted by Crippen LogP contribution is -2.22. The number of rotatable bonds is 6. The molecule has 0 unspecified atom stereocenters. The first-order chi connectivity index (χ1) is 16.8. The van der Waals surface area contributed by atoms with Gasteiger partial charge in [-0.15, -0.1) is 0 Å². The van der Waals surface area contributed by atoms with Crippen molar-refractivity contribution in [3.63, 3.8) is 0 Å². The largest absolute Gasteiger partial charge is 0.505 e. The van der Waals surface area contributed by atoms with Crippen LogP contribution >= 0.6 is 0 Å². The summed E-state index contributed by atoms with van der Waals surface area (Å²) < 4.78 is 42.0. The van der Waals surface area contributed by atoms with Gasteiger partial charge < -0.3 is 24.1 Å². The molecule has 180 valence electrons. The van der Waals surface area contributed by atoms with Crippen molar-refractivity contribution in [1.29, 1.82) is 0 Å². The fourth-order valence-electron chi connectivity index (χ4n) is 4.13. The summed E-state index contributed by atoms with van der Waals surface area (Å²) in [4.78, 5) is 41.0.